The lowest BCUT2D eigenvalue weighted by Gasteiger charge is -2.42. The van der Waals surface area contributed by atoms with Gasteiger partial charge in [-0.25, -0.2) is 0 Å². The van der Waals surface area contributed by atoms with Gasteiger partial charge < -0.3 is 9.88 Å². The third-order valence-electron chi connectivity index (χ3n) is 5.24. The first-order chi connectivity index (χ1) is 12.1. The molecule has 2 aliphatic heterocycles. The topological polar surface area (TPSA) is 54.3 Å². The molecule has 4 rings (SSSR count). The van der Waals surface area contributed by atoms with E-state index in [2.05, 4.69) is 28.4 Å². The molecule has 1 aromatic heterocycles. The Kier molecular flexibility index (Phi) is 4.17. The number of carbonyl (C=O) groups is 1. The third kappa shape index (κ3) is 3.37. The summed E-state index contributed by atoms with van der Waals surface area (Å²) in [5.41, 5.74) is 3.41. The molecule has 1 fully saturated rings. The Bertz CT molecular complexity index is 841. The van der Waals surface area contributed by atoms with Crippen LogP contribution in [0.2, 0.25) is 0 Å². The molecule has 25 heavy (non-hydrogen) atoms. The maximum Gasteiger partial charge on any atom is 0.250 e. The average molecular weight is 337 g/mol. The first kappa shape index (κ1) is 16.1. The van der Waals surface area contributed by atoms with Crippen LogP contribution in [0.15, 0.2) is 47.3 Å². The number of piperidine rings is 1. The van der Waals surface area contributed by atoms with Gasteiger partial charge in [-0.15, -0.1) is 0 Å². The Morgan fingerprint density at radius 1 is 1.12 bits per heavy atom. The van der Waals surface area contributed by atoms with Gasteiger partial charge in [-0.05, 0) is 36.1 Å². The molecule has 2 bridgehead atoms. The number of nitrogens with zero attached hydrogens (tertiary/aromatic N) is 2. The highest BCUT2D eigenvalue weighted by atomic mass is 16.1. The summed E-state index contributed by atoms with van der Waals surface area (Å²) in [4.78, 5) is 25.7. The van der Waals surface area contributed by atoms with Crippen LogP contribution in [0.5, 0.6) is 0 Å². The maximum atomic E-state index is 12.1. The Hall–Kier alpha value is -2.40. The third-order valence-corrected chi connectivity index (χ3v) is 5.24. The van der Waals surface area contributed by atoms with Gasteiger partial charge in [-0.1, -0.05) is 18.2 Å². The number of benzene rings is 1. The van der Waals surface area contributed by atoms with Crippen LogP contribution >= 0.6 is 0 Å². The number of fused-ring (bicyclic) bond motifs is 4. The van der Waals surface area contributed by atoms with Crippen molar-refractivity contribution in [1.82, 2.24) is 9.47 Å². The monoisotopic (exact) mass is 337 g/mol. The van der Waals surface area contributed by atoms with Crippen molar-refractivity contribution in [2.75, 3.05) is 18.4 Å². The second-order valence-corrected chi connectivity index (χ2v) is 7.27. The zero-order valence-electron chi connectivity index (χ0n) is 14.4. The highest BCUT2D eigenvalue weighted by molar-refractivity contribution is 5.88. The molecule has 2 aliphatic rings. The fourth-order valence-corrected chi connectivity index (χ4v) is 4.28. The van der Waals surface area contributed by atoms with Crippen molar-refractivity contribution in [2.45, 2.75) is 32.4 Å². The summed E-state index contributed by atoms with van der Waals surface area (Å²) in [6, 6.07) is 13.7. The van der Waals surface area contributed by atoms with Gasteiger partial charge in [-0.2, -0.15) is 0 Å². The second-order valence-electron chi connectivity index (χ2n) is 7.27. The molecule has 3 heterocycles. The van der Waals surface area contributed by atoms with Gasteiger partial charge in [0.1, 0.15) is 0 Å². The van der Waals surface area contributed by atoms with E-state index >= 15 is 0 Å². The van der Waals surface area contributed by atoms with Crippen LogP contribution in [0.1, 0.15) is 30.5 Å². The van der Waals surface area contributed by atoms with E-state index in [4.69, 9.17) is 0 Å². The van der Waals surface area contributed by atoms with E-state index < -0.39 is 0 Å². The van der Waals surface area contributed by atoms with Crippen LogP contribution in [0.25, 0.3) is 0 Å². The number of amides is 1. The quantitative estimate of drug-likeness (QED) is 0.936. The van der Waals surface area contributed by atoms with E-state index in [9.17, 15) is 9.59 Å². The van der Waals surface area contributed by atoms with Crippen LogP contribution in [-0.2, 0) is 17.9 Å². The standard InChI is InChI=1S/C20H23N3O2/c1-14(24)21-18-7-5-15(6-8-18)10-22-11-16-9-17(13-22)19-3-2-4-20(25)23(19)12-16/h2-8,16-17H,9-13H2,1H3,(H,21,24)/t16-,17+/m0/s1. The summed E-state index contributed by atoms with van der Waals surface area (Å²) < 4.78 is 1.97. The summed E-state index contributed by atoms with van der Waals surface area (Å²) in [7, 11) is 0. The first-order valence-electron chi connectivity index (χ1n) is 8.87. The number of hydrogen-bond acceptors (Lipinski definition) is 3. The predicted octanol–water partition coefficient (Wildman–Crippen LogP) is 2.43. The lowest BCUT2D eigenvalue weighted by atomic mass is 9.83. The molecule has 2 atom stereocenters. The number of rotatable bonds is 3. The fraction of sp³-hybridized carbons (Fsp3) is 0.400. The number of anilines is 1. The van der Waals surface area contributed by atoms with E-state index in [1.165, 1.54) is 24.6 Å². The normalized spacial score (nSPS) is 22.3. The van der Waals surface area contributed by atoms with E-state index in [0.29, 0.717) is 11.8 Å². The minimum absolute atomic E-state index is 0.0505. The van der Waals surface area contributed by atoms with E-state index in [0.717, 1.165) is 31.9 Å². The van der Waals surface area contributed by atoms with Crippen LogP contribution in [0, 0.1) is 5.92 Å². The minimum atomic E-state index is -0.0505. The molecule has 5 heteroatoms. The molecule has 0 spiro atoms. The van der Waals surface area contributed by atoms with Gasteiger partial charge in [0, 0.05) is 56.5 Å². The fourth-order valence-electron chi connectivity index (χ4n) is 4.28. The Morgan fingerprint density at radius 2 is 1.92 bits per heavy atom. The molecule has 0 radical (unpaired) electrons. The number of pyridine rings is 1. The number of hydrogen-bond donors (Lipinski definition) is 1. The van der Waals surface area contributed by atoms with Crippen molar-refractivity contribution in [3.8, 4) is 0 Å². The highest BCUT2D eigenvalue weighted by Crippen LogP contribution is 2.35. The lowest BCUT2D eigenvalue weighted by molar-refractivity contribution is -0.114. The van der Waals surface area contributed by atoms with Crippen molar-refractivity contribution in [3.63, 3.8) is 0 Å². The van der Waals surface area contributed by atoms with Gasteiger partial charge in [0.2, 0.25) is 5.91 Å². The van der Waals surface area contributed by atoms with Crippen LogP contribution in [0.4, 0.5) is 5.69 Å². The molecule has 0 saturated carbocycles. The molecule has 1 amide bonds. The number of aromatic nitrogens is 1. The molecule has 5 nitrogen and oxygen atoms in total. The minimum Gasteiger partial charge on any atom is -0.326 e. The van der Waals surface area contributed by atoms with Crippen molar-refractivity contribution < 1.29 is 4.79 Å². The summed E-state index contributed by atoms with van der Waals surface area (Å²) in [6.45, 7) is 5.29. The highest BCUT2D eigenvalue weighted by Gasteiger charge is 2.34. The molecule has 1 N–H and O–H groups in total. The first-order valence-corrected chi connectivity index (χ1v) is 8.87. The summed E-state index contributed by atoms with van der Waals surface area (Å²) >= 11 is 0. The lowest BCUT2D eigenvalue weighted by Crippen LogP contribution is -2.46. The SMILES string of the molecule is CC(=O)Nc1ccc(CN2C[C@@H]3C[C@H](C2)c2cccc(=O)n2C3)cc1. The van der Waals surface area contributed by atoms with Crippen LogP contribution in [-0.4, -0.2) is 28.5 Å². The zero-order valence-corrected chi connectivity index (χ0v) is 14.4. The Morgan fingerprint density at radius 3 is 2.68 bits per heavy atom. The molecule has 0 aliphatic carbocycles. The Labute approximate surface area is 147 Å². The summed E-state index contributed by atoms with van der Waals surface area (Å²) in [6.07, 6.45) is 1.18. The van der Waals surface area contributed by atoms with Crippen molar-refractivity contribution >= 4 is 11.6 Å². The summed E-state index contributed by atoms with van der Waals surface area (Å²) in [5, 5.41) is 2.80. The van der Waals surface area contributed by atoms with E-state index in [-0.39, 0.29) is 11.5 Å². The van der Waals surface area contributed by atoms with Crippen molar-refractivity contribution in [2.24, 2.45) is 5.92 Å². The number of nitrogens with one attached hydrogen (secondary N) is 1. The molecular formula is C20H23N3O2. The van der Waals surface area contributed by atoms with Gasteiger partial charge >= 0.3 is 0 Å². The van der Waals surface area contributed by atoms with Gasteiger partial charge in [0.05, 0.1) is 0 Å². The largest absolute Gasteiger partial charge is 0.326 e. The van der Waals surface area contributed by atoms with E-state index in [1.54, 1.807) is 6.07 Å². The second kappa shape index (κ2) is 6.48. The van der Waals surface area contributed by atoms with Crippen LogP contribution < -0.4 is 10.9 Å². The molecule has 0 unspecified atom stereocenters. The Balaban J connectivity index is 1.47. The van der Waals surface area contributed by atoms with Crippen molar-refractivity contribution in [1.29, 1.82) is 0 Å². The van der Waals surface area contributed by atoms with Gasteiger partial charge in [0.15, 0.2) is 0 Å². The van der Waals surface area contributed by atoms with Crippen molar-refractivity contribution in [3.05, 3.63) is 64.1 Å². The average Bonchev–Trinajstić information content (AvgIpc) is 2.57. The summed E-state index contributed by atoms with van der Waals surface area (Å²) in [5.74, 6) is 0.940. The van der Waals surface area contributed by atoms with Gasteiger partial charge in [-0.3, -0.25) is 14.5 Å². The number of likely N-dealkylation sites (tertiary alicyclic amines) is 1. The number of carbonyl (C=O) groups excluding carboxylic acids is 1. The predicted molar refractivity (Wildman–Crippen MR) is 97.6 cm³/mol. The molecule has 130 valence electrons. The molecular weight excluding hydrogens is 314 g/mol. The maximum absolute atomic E-state index is 12.1. The molecule has 2 aromatic rings. The van der Waals surface area contributed by atoms with Gasteiger partial charge in [0.25, 0.3) is 5.56 Å². The smallest absolute Gasteiger partial charge is 0.250 e. The molecule has 1 saturated heterocycles. The van der Waals surface area contributed by atoms with E-state index in [1.807, 2.05) is 22.8 Å². The zero-order chi connectivity index (χ0) is 17.4. The molecule has 1 aromatic carbocycles. The van der Waals surface area contributed by atoms with Crippen LogP contribution in [0.3, 0.4) is 0 Å².